The van der Waals surface area contributed by atoms with Crippen molar-refractivity contribution in [1.82, 2.24) is 10.0 Å². The lowest BCUT2D eigenvalue weighted by atomic mass is 9.98. The van der Waals surface area contributed by atoms with E-state index >= 15 is 0 Å². The molecule has 0 bridgehead atoms. The van der Waals surface area contributed by atoms with Crippen molar-refractivity contribution in [3.05, 3.63) is 143 Å². The van der Waals surface area contributed by atoms with E-state index in [0.717, 1.165) is 56.3 Å². The van der Waals surface area contributed by atoms with Crippen LogP contribution < -0.4 is 39.9 Å². The molecule has 2 unspecified atom stereocenters. The monoisotopic (exact) mass is 816 g/mol. The van der Waals surface area contributed by atoms with Crippen molar-refractivity contribution >= 4 is 46.1 Å². The molecule has 0 fully saturated rings. The predicted molar refractivity (Wildman–Crippen MR) is 232 cm³/mol. The summed E-state index contributed by atoms with van der Waals surface area (Å²) in [6.45, 7) is 0.774. The van der Waals surface area contributed by atoms with Gasteiger partial charge in [0.2, 0.25) is 0 Å². The summed E-state index contributed by atoms with van der Waals surface area (Å²) >= 11 is 10.8. The first kappa shape index (κ1) is 39.8. The normalized spacial score (nSPS) is 16.0. The zero-order valence-electron chi connectivity index (χ0n) is 32.6. The molecule has 5 aromatic rings. The van der Waals surface area contributed by atoms with E-state index in [9.17, 15) is 0 Å². The molecule has 5 aromatic carbocycles. The van der Waals surface area contributed by atoms with Gasteiger partial charge < -0.3 is 39.9 Å². The molecular weight excluding hydrogens is 773 g/mol. The molecule has 2 aliphatic rings. The van der Waals surface area contributed by atoms with E-state index in [0.29, 0.717) is 49.1 Å². The van der Waals surface area contributed by atoms with E-state index in [2.05, 4.69) is 0 Å². The average Bonchev–Trinajstić information content (AvgIpc) is 3.92. The third kappa shape index (κ3) is 8.77. The SMILES string of the molecule is COc1ccc(C2=NN(C(N)=S)C(c3cccc(OCc4ccc(COc5cccc(C6CC(c7ccc(OC)c(OC)c7)=NN6C(N)=S)c5)cc4)c3)C2)cc1OC. The van der Waals surface area contributed by atoms with Crippen molar-refractivity contribution in [3.63, 3.8) is 0 Å². The molecule has 0 aromatic heterocycles. The van der Waals surface area contributed by atoms with Crippen LogP contribution in [-0.4, -0.2) is 60.1 Å². The maximum Gasteiger partial charge on any atom is 0.187 e. The van der Waals surface area contributed by atoms with Gasteiger partial charge in [-0.25, -0.2) is 10.0 Å². The molecule has 0 spiro atoms. The Balaban J connectivity index is 0.954. The van der Waals surface area contributed by atoms with E-state index in [1.165, 1.54) is 0 Å². The minimum absolute atomic E-state index is 0.186. The fourth-order valence-electron chi connectivity index (χ4n) is 7.02. The van der Waals surface area contributed by atoms with Crippen molar-refractivity contribution in [2.24, 2.45) is 21.7 Å². The lowest BCUT2D eigenvalue weighted by Gasteiger charge is -2.22. The lowest BCUT2D eigenvalue weighted by Crippen LogP contribution is -2.31. The summed E-state index contributed by atoms with van der Waals surface area (Å²) < 4.78 is 34.3. The van der Waals surface area contributed by atoms with Gasteiger partial charge in [-0.2, -0.15) is 10.2 Å². The maximum atomic E-state index is 6.24. The molecule has 0 aliphatic carbocycles. The Morgan fingerprint density at radius 1 is 0.552 bits per heavy atom. The van der Waals surface area contributed by atoms with Gasteiger partial charge in [-0.05, 0) is 107 Å². The van der Waals surface area contributed by atoms with E-state index in [-0.39, 0.29) is 22.3 Å². The first-order chi connectivity index (χ1) is 28.2. The van der Waals surface area contributed by atoms with Crippen molar-refractivity contribution < 1.29 is 28.4 Å². The lowest BCUT2D eigenvalue weighted by molar-refractivity contribution is 0.300. The largest absolute Gasteiger partial charge is 0.493 e. The van der Waals surface area contributed by atoms with Crippen molar-refractivity contribution in [1.29, 1.82) is 0 Å². The second kappa shape index (κ2) is 17.8. The number of nitrogens with zero attached hydrogens (tertiary/aromatic N) is 4. The molecule has 58 heavy (non-hydrogen) atoms. The van der Waals surface area contributed by atoms with E-state index in [4.69, 9.17) is 74.5 Å². The van der Waals surface area contributed by atoms with Crippen LogP contribution in [0.25, 0.3) is 0 Å². The third-order valence-corrected chi connectivity index (χ3v) is 10.4. The number of ether oxygens (including phenoxy) is 6. The van der Waals surface area contributed by atoms with Crippen LogP contribution in [0.1, 0.15) is 58.3 Å². The Morgan fingerprint density at radius 2 is 0.948 bits per heavy atom. The highest BCUT2D eigenvalue weighted by Crippen LogP contribution is 2.38. The Kier molecular flexibility index (Phi) is 12.2. The zero-order valence-corrected chi connectivity index (χ0v) is 34.2. The molecule has 4 N–H and O–H groups in total. The highest BCUT2D eigenvalue weighted by molar-refractivity contribution is 7.80. The van der Waals surface area contributed by atoms with Gasteiger partial charge >= 0.3 is 0 Å². The highest BCUT2D eigenvalue weighted by atomic mass is 32.1. The van der Waals surface area contributed by atoms with Crippen LogP contribution in [0.15, 0.2) is 119 Å². The highest BCUT2D eigenvalue weighted by Gasteiger charge is 2.32. The van der Waals surface area contributed by atoms with Gasteiger partial charge in [0, 0.05) is 24.0 Å². The Labute approximate surface area is 348 Å². The van der Waals surface area contributed by atoms with Crippen LogP contribution in [0.4, 0.5) is 0 Å². The van der Waals surface area contributed by atoms with Crippen LogP contribution in [0, 0.1) is 0 Å². The minimum Gasteiger partial charge on any atom is -0.493 e. The molecule has 12 nitrogen and oxygen atoms in total. The molecule has 0 saturated heterocycles. The first-order valence-electron chi connectivity index (χ1n) is 18.5. The van der Waals surface area contributed by atoms with Gasteiger partial charge in [-0.15, -0.1) is 0 Å². The van der Waals surface area contributed by atoms with Crippen LogP contribution >= 0.6 is 24.4 Å². The summed E-state index contributed by atoms with van der Waals surface area (Å²) in [6, 6.07) is 35.1. The number of hydrogen-bond acceptors (Lipinski definition) is 10. The Bertz CT molecular complexity index is 2210. The summed E-state index contributed by atoms with van der Waals surface area (Å²) in [5.74, 6) is 3.99. The minimum atomic E-state index is -0.186. The van der Waals surface area contributed by atoms with Crippen LogP contribution in [0.2, 0.25) is 0 Å². The smallest absolute Gasteiger partial charge is 0.187 e. The van der Waals surface area contributed by atoms with Crippen LogP contribution in [0.3, 0.4) is 0 Å². The van der Waals surface area contributed by atoms with Gasteiger partial charge in [-0.1, -0.05) is 48.5 Å². The average molecular weight is 817 g/mol. The second-order valence-corrected chi connectivity index (χ2v) is 14.4. The summed E-state index contributed by atoms with van der Waals surface area (Å²) in [7, 11) is 6.43. The topological polar surface area (TPSA) is 139 Å². The number of hydrogen-bond donors (Lipinski definition) is 2. The Morgan fingerprint density at radius 3 is 1.31 bits per heavy atom. The summed E-state index contributed by atoms with van der Waals surface area (Å²) in [5.41, 5.74) is 19.8. The van der Waals surface area contributed by atoms with Gasteiger partial charge in [0.1, 0.15) is 24.7 Å². The van der Waals surface area contributed by atoms with E-state index in [1.54, 1.807) is 38.5 Å². The molecule has 298 valence electrons. The molecular formula is C44H44N6O6S2. The summed E-state index contributed by atoms with van der Waals surface area (Å²) in [5, 5.41) is 13.3. The number of thiocarbonyl (C=S) groups is 2. The number of rotatable bonds is 14. The standard InChI is InChI=1S/C44H44N6O6S2/c1-51-39-17-15-29(21-41(39)53-3)35-23-37(49(47-35)43(45)57)31-7-5-9-33(19-31)55-25-27-11-13-28(14-12-27)26-56-34-10-6-8-32(20-34)38-24-36(48-50(38)44(46)58)30-16-18-40(52-2)42(22-30)54-4/h5-22,37-38H,23-26H2,1-4H3,(H2,45,57)(H2,46,58). The maximum absolute atomic E-state index is 6.24. The molecule has 2 heterocycles. The van der Waals surface area contributed by atoms with Gasteiger partial charge in [0.25, 0.3) is 0 Å². The molecule has 7 rings (SSSR count). The summed E-state index contributed by atoms with van der Waals surface area (Å²) in [4.78, 5) is 0. The fraction of sp³-hybridized carbons (Fsp3) is 0.227. The second-order valence-electron chi connectivity index (χ2n) is 13.6. The molecule has 14 heteroatoms. The van der Waals surface area contributed by atoms with E-state index < -0.39 is 0 Å². The van der Waals surface area contributed by atoms with Gasteiger partial charge in [0.05, 0.1) is 51.9 Å². The first-order valence-corrected chi connectivity index (χ1v) is 19.3. The number of hydrazone groups is 2. The number of nitrogens with two attached hydrogens (primary N) is 2. The van der Waals surface area contributed by atoms with Crippen molar-refractivity contribution in [2.75, 3.05) is 28.4 Å². The molecule has 2 atom stereocenters. The quantitative estimate of drug-likeness (QED) is 0.106. The van der Waals surface area contributed by atoms with E-state index in [1.807, 2.05) is 109 Å². The summed E-state index contributed by atoms with van der Waals surface area (Å²) in [6.07, 6.45) is 1.20. The zero-order chi connectivity index (χ0) is 40.8. The predicted octanol–water partition coefficient (Wildman–Crippen LogP) is 7.67. The van der Waals surface area contributed by atoms with Gasteiger partial charge in [0.15, 0.2) is 33.2 Å². The molecule has 2 aliphatic heterocycles. The van der Waals surface area contributed by atoms with Crippen molar-refractivity contribution in [2.45, 2.75) is 38.1 Å². The number of benzene rings is 5. The third-order valence-electron chi connectivity index (χ3n) is 10.0. The fourth-order valence-corrected chi connectivity index (χ4v) is 7.35. The van der Waals surface area contributed by atoms with Crippen LogP contribution in [-0.2, 0) is 13.2 Å². The van der Waals surface area contributed by atoms with Gasteiger partial charge in [-0.3, -0.25) is 0 Å². The Hall–Kier alpha value is -6.38. The number of methoxy groups -OCH3 is 4. The molecule has 0 radical (unpaired) electrons. The van der Waals surface area contributed by atoms with Crippen LogP contribution in [0.5, 0.6) is 34.5 Å². The molecule has 0 saturated carbocycles. The van der Waals surface area contributed by atoms with Crippen molar-refractivity contribution in [3.8, 4) is 34.5 Å². The molecule has 0 amide bonds.